The third-order valence-corrected chi connectivity index (χ3v) is 5.12. The largest absolute Gasteiger partial charge is 0.302 e. The molecule has 0 radical (unpaired) electrons. The van der Waals surface area contributed by atoms with Gasteiger partial charge in [0.05, 0.1) is 0 Å². The van der Waals surface area contributed by atoms with E-state index in [0.717, 1.165) is 19.5 Å². The molecule has 0 aromatic heterocycles. The van der Waals surface area contributed by atoms with Crippen molar-refractivity contribution in [1.29, 1.82) is 0 Å². The quantitative estimate of drug-likeness (QED) is 0.731. The van der Waals surface area contributed by atoms with Crippen LogP contribution in [0.2, 0.25) is 0 Å². The topological polar surface area (TPSA) is 3.24 Å². The lowest BCUT2D eigenvalue weighted by Gasteiger charge is -2.34. The van der Waals surface area contributed by atoms with Crippen LogP contribution in [-0.2, 0) is 0 Å². The van der Waals surface area contributed by atoms with Crippen LogP contribution in [-0.4, -0.2) is 30.5 Å². The van der Waals surface area contributed by atoms with Gasteiger partial charge in [0.2, 0.25) is 0 Å². The Morgan fingerprint density at radius 2 is 1.88 bits per heavy atom. The SMILES string of the molecule is CC(C)C(C)C1(C)CCN(CC2CC2(F)F)C1. The van der Waals surface area contributed by atoms with E-state index in [1.54, 1.807) is 0 Å². The summed E-state index contributed by atoms with van der Waals surface area (Å²) in [7, 11) is 0. The summed E-state index contributed by atoms with van der Waals surface area (Å²) >= 11 is 0. The van der Waals surface area contributed by atoms with Crippen molar-refractivity contribution in [3.05, 3.63) is 0 Å². The molecule has 3 atom stereocenters. The molecule has 1 nitrogen and oxygen atoms in total. The summed E-state index contributed by atoms with van der Waals surface area (Å²) in [5.41, 5.74) is 0.318. The van der Waals surface area contributed by atoms with Crippen molar-refractivity contribution < 1.29 is 8.78 Å². The molecule has 0 spiro atoms. The lowest BCUT2D eigenvalue weighted by Crippen LogP contribution is -2.33. The van der Waals surface area contributed by atoms with E-state index in [9.17, 15) is 8.78 Å². The number of nitrogens with zero attached hydrogens (tertiary/aromatic N) is 1. The molecule has 100 valence electrons. The van der Waals surface area contributed by atoms with E-state index in [1.165, 1.54) is 0 Å². The zero-order valence-corrected chi connectivity index (χ0v) is 11.5. The summed E-state index contributed by atoms with van der Waals surface area (Å²) in [4.78, 5) is 2.25. The molecule has 2 rings (SSSR count). The van der Waals surface area contributed by atoms with E-state index in [0.29, 0.717) is 23.8 Å². The third-order valence-electron chi connectivity index (χ3n) is 5.12. The number of alkyl halides is 2. The fourth-order valence-electron chi connectivity index (χ4n) is 3.19. The molecule has 1 saturated carbocycles. The van der Waals surface area contributed by atoms with Gasteiger partial charge in [-0.05, 0) is 30.2 Å². The monoisotopic (exact) mass is 245 g/mol. The van der Waals surface area contributed by atoms with Crippen molar-refractivity contribution in [2.45, 2.75) is 46.5 Å². The maximum Gasteiger partial charge on any atom is 0.252 e. The van der Waals surface area contributed by atoms with E-state index in [1.807, 2.05) is 0 Å². The van der Waals surface area contributed by atoms with E-state index in [-0.39, 0.29) is 12.3 Å². The minimum absolute atomic E-state index is 0.111. The Kier molecular flexibility index (Phi) is 3.26. The van der Waals surface area contributed by atoms with Gasteiger partial charge in [0.1, 0.15) is 0 Å². The number of hydrogen-bond donors (Lipinski definition) is 0. The number of rotatable bonds is 4. The minimum atomic E-state index is -2.36. The molecular weight excluding hydrogens is 220 g/mol. The summed E-state index contributed by atoms with van der Waals surface area (Å²) in [5, 5.41) is 0. The van der Waals surface area contributed by atoms with Gasteiger partial charge in [-0.3, -0.25) is 0 Å². The molecule has 1 aliphatic heterocycles. The standard InChI is InChI=1S/C14H25F2N/c1-10(2)11(3)13(4)5-6-17(9-13)8-12-7-14(12,15)16/h10-12H,5-9H2,1-4H3. The highest BCUT2D eigenvalue weighted by molar-refractivity contribution is 4.99. The van der Waals surface area contributed by atoms with Crippen molar-refractivity contribution in [3.8, 4) is 0 Å². The van der Waals surface area contributed by atoms with Crippen molar-refractivity contribution in [2.24, 2.45) is 23.2 Å². The highest BCUT2D eigenvalue weighted by atomic mass is 19.3. The summed E-state index contributed by atoms with van der Waals surface area (Å²) in [5.74, 6) is -1.39. The molecule has 2 fully saturated rings. The first-order valence-corrected chi connectivity index (χ1v) is 6.85. The molecular formula is C14H25F2N. The van der Waals surface area contributed by atoms with Crippen molar-refractivity contribution in [2.75, 3.05) is 19.6 Å². The first kappa shape index (κ1) is 13.3. The molecule has 3 unspecified atom stereocenters. The molecule has 0 amide bonds. The Morgan fingerprint density at radius 1 is 1.29 bits per heavy atom. The zero-order chi connectivity index (χ0) is 12.8. The molecule has 0 aromatic rings. The Morgan fingerprint density at radius 3 is 2.35 bits per heavy atom. The molecule has 3 heteroatoms. The summed E-state index contributed by atoms with van der Waals surface area (Å²) in [6.45, 7) is 11.7. The van der Waals surface area contributed by atoms with Gasteiger partial charge in [0.15, 0.2) is 0 Å². The average Bonchev–Trinajstić information content (AvgIpc) is 2.64. The van der Waals surface area contributed by atoms with Crippen molar-refractivity contribution >= 4 is 0 Å². The van der Waals surface area contributed by atoms with Crippen LogP contribution in [0.4, 0.5) is 8.78 Å². The van der Waals surface area contributed by atoms with Crippen LogP contribution in [0.3, 0.4) is 0 Å². The lowest BCUT2D eigenvalue weighted by atomic mass is 9.72. The molecule has 0 aromatic carbocycles. The van der Waals surface area contributed by atoms with Gasteiger partial charge in [-0.1, -0.05) is 27.7 Å². The summed E-state index contributed by atoms with van der Waals surface area (Å²) in [6, 6.07) is 0. The highest BCUT2D eigenvalue weighted by Gasteiger charge is 2.57. The lowest BCUT2D eigenvalue weighted by molar-refractivity contribution is 0.0860. The highest BCUT2D eigenvalue weighted by Crippen LogP contribution is 2.50. The Labute approximate surface area is 104 Å². The van der Waals surface area contributed by atoms with Crippen molar-refractivity contribution in [3.63, 3.8) is 0 Å². The fraction of sp³-hybridized carbons (Fsp3) is 1.00. The van der Waals surface area contributed by atoms with Crippen LogP contribution in [0.5, 0.6) is 0 Å². The van der Waals surface area contributed by atoms with Crippen molar-refractivity contribution in [1.82, 2.24) is 4.90 Å². The smallest absolute Gasteiger partial charge is 0.252 e. The minimum Gasteiger partial charge on any atom is -0.302 e. The van der Waals surface area contributed by atoms with Crippen LogP contribution in [0.15, 0.2) is 0 Å². The normalized spacial score (nSPS) is 38.6. The van der Waals surface area contributed by atoms with E-state index in [2.05, 4.69) is 32.6 Å². The van der Waals surface area contributed by atoms with E-state index >= 15 is 0 Å². The van der Waals surface area contributed by atoms with E-state index in [4.69, 9.17) is 0 Å². The number of likely N-dealkylation sites (tertiary alicyclic amines) is 1. The van der Waals surface area contributed by atoms with Gasteiger partial charge in [0.25, 0.3) is 5.92 Å². The predicted octanol–water partition coefficient (Wildman–Crippen LogP) is 3.65. The first-order valence-electron chi connectivity index (χ1n) is 6.85. The second-order valence-electron chi connectivity index (χ2n) is 6.83. The molecule has 0 N–H and O–H groups in total. The fourth-order valence-corrected chi connectivity index (χ4v) is 3.19. The molecule has 1 saturated heterocycles. The summed E-state index contributed by atoms with van der Waals surface area (Å²) < 4.78 is 25.8. The second-order valence-corrected chi connectivity index (χ2v) is 6.83. The second kappa shape index (κ2) is 4.18. The Balaban J connectivity index is 1.86. The van der Waals surface area contributed by atoms with Gasteiger partial charge < -0.3 is 4.90 Å². The van der Waals surface area contributed by atoms with Crippen LogP contribution in [0.1, 0.15) is 40.5 Å². The first-order chi connectivity index (χ1) is 7.74. The zero-order valence-electron chi connectivity index (χ0n) is 11.5. The molecule has 2 aliphatic rings. The molecule has 1 heterocycles. The molecule has 0 bridgehead atoms. The van der Waals surface area contributed by atoms with Crippen LogP contribution < -0.4 is 0 Å². The Bertz CT molecular complexity index is 290. The van der Waals surface area contributed by atoms with Gasteiger partial charge in [0, 0.05) is 25.4 Å². The van der Waals surface area contributed by atoms with Crippen LogP contribution >= 0.6 is 0 Å². The predicted molar refractivity (Wildman–Crippen MR) is 66.2 cm³/mol. The van der Waals surface area contributed by atoms with E-state index < -0.39 is 5.92 Å². The number of hydrogen-bond acceptors (Lipinski definition) is 1. The number of halogens is 2. The molecule has 1 aliphatic carbocycles. The van der Waals surface area contributed by atoms with Crippen LogP contribution in [0.25, 0.3) is 0 Å². The maximum absolute atomic E-state index is 12.9. The summed E-state index contributed by atoms with van der Waals surface area (Å²) in [6.07, 6.45) is 1.27. The van der Waals surface area contributed by atoms with Gasteiger partial charge in [-0.25, -0.2) is 8.78 Å². The van der Waals surface area contributed by atoms with Crippen LogP contribution in [0, 0.1) is 23.2 Å². The molecule has 17 heavy (non-hydrogen) atoms. The van der Waals surface area contributed by atoms with Gasteiger partial charge in [-0.2, -0.15) is 0 Å². The third kappa shape index (κ3) is 2.64. The average molecular weight is 245 g/mol. The van der Waals surface area contributed by atoms with Gasteiger partial charge >= 0.3 is 0 Å². The van der Waals surface area contributed by atoms with Gasteiger partial charge in [-0.15, -0.1) is 0 Å². The maximum atomic E-state index is 12.9. The Hall–Kier alpha value is -0.180.